The Bertz CT molecular complexity index is 344. The predicted octanol–water partition coefficient (Wildman–Crippen LogP) is 2.33. The van der Waals surface area contributed by atoms with Crippen molar-refractivity contribution in [2.45, 2.75) is 39.2 Å². The van der Waals surface area contributed by atoms with Crippen LogP contribution in [0.25, 0.3) is 0 Å². The van der Waals surface area contributed by atoms with E-state index in [9.17, 15) is 0 Å². The van der Waals surface area contributed by atoms with Crippen LogP contribution in [0.1, 0.15) is 32.3 Å². The van der Waals surface area contributed by atoms with E-state index in [0.717, 1.165) is 18.9 Å². The van der Waals surface area contributed by atoms with E-state index in [0.29, 0.717) is 6.04 Å². The lowest BCUT2D eigenvalue weighted by Crippen LogP contribution is -2.42. The maximum atomic E-state index is 4.08. The van der Waals surface area contributed by atoms with Gasteiger partial charge < -0.3 is 10.2 Å². The van der Waals surface area contributed by atoms with Gasteiger partial charge in [0.2, 0.25) is 0 Å². The topological polar surface area (TPSA) is 28.2 Å². The summed E-state index contributed by atoms with van der Waals surface area (Å²) < 4.78 is 0. The van der Waals surface area contributed by atoms with Gasteiger partial charge in [-0.05, 0) is 69.8 Å². The largest absolute Gasteiger partial charge is 0.316 e. The Morgan fingerprint density at radius 2 is 2.16 bits per heavy atom. The first kappa shape index (κ1) is 14.5. The highest BCUT2D eigenvalue weighted by molar-refractivity contribution is 5.09. The number of hydrogen-bond acceptors (Lipinski definition) is 3. The molecular weight excluding hydrogens is 234 g/mol. The molecule has 2 heterocycles. The Morgan fingerprint density at radius 1 is 1.37 bits per heavy atom. The molecule has 1 aliphatic heterocycles. The van der Waals surface area contributed by atoms with Crippen molar-refractivity contribution in [3.05, 3.63) is 30.1 Å². The second-order valence-electron chi connectivity index (χ2n) is 5.91. The summed E-state index contributed by atoms with van der Waals surface area (Å²) in [5, 5.41) is 3.52. The Balaban J connectivity index is 1.82. The van der Waals surface area contributed by atoms with Crippen molar-refractivity contribution in [3.8, 4) is 0 Å². The van der Waals surface area contributed by atoms with Crippen LogP contribution in [-0.4, -0.2) is 42.1 Å². The number of pyridine rings is 1. The molecule has 1 N–H and O–H groups in total. The smallest absolute Gasteiger partial charge is 0.0270 e. The predicted molar refractivity (Wildman–Crippen MR) is 80.2 cm³/mol. The Labute approximate surface area is 117 Å². The molecule has 1 unspecified atom stereocenters. The first-order valence-corrected chi connectivity index (χ1v) is 7.59. The van der Waals surface area contributed by atoms with Gasteiger partial charge in [-0.15, -0.1) is 0 Å². The number of piperidine rings is 1. The van der Waals surface area contributed by atoms with Gasteiger partial charge >= 0.3 is 0 Å². The van der Waals surface area contributed by atoms with Gasteiger partial charge in [-0.1, -0.05) is 0 Å². The van der Waals surface area contributed by atoms with E-state index in [1.165, 1.54) is 38.0 Å². The van der Waals surface area contributed by atoms with E-state index in [1.807, 2.05) is 12.4 Å². The standard InChI is InChI=1S/C16H27N3/c1-14(2)19(13-16-4-3-8-18-12-16)11-7-15-5-9-17-10-6-15/h5-6,9-10,14,16,18H,3-4,7-8,11-13H2,1-2H3. The zero-order chi connectivity index (χ0) is 13.5. The van der Waals surface area contributed by atoms with E-state index >= 15 is 0 Å². The van der Waals surface area contributed by atoms with Gasteiger partial charge in [-0.25, -0.2) is 0 Å². The molecule has 0 saturated carbocycles. The van der Waals surface area contributed by atoms with Crippen molar-refractivity contribution >= 4 is 0 Å². The molecule has 1 aromatic heterocycles. The van der Waals surface area contributed by atoms with Crippen LogP contribution in [0.2, 0.25) is 0 Å². The summed E-state index contributed by atoms with van der Waals surface area (Å²) in [7, 11) is 0. The second-order valence-corrected chi connectivity index (χ2v) is 5.91. The minimum atomic E-state index is 0.628. The van der Waals surface area contributed by atoms with E-state index in [4.69, 9.17) is 0 Å². The van der Waals surface area contributed by atoms with Crippen LogP contribution < -0.4 is 5.32 Å². The van der Waals surface area contributed by atoms with Gasteiger partial charge in [0.25, 0.3) is 0 Å². The van der Waals surface area contributed by atoms with Crippen LogP contribution in [-0.2, 0) is 6.42 Å². The van der Waals surface area contributed by atoms with Crippen molar-refractivity contribution < 1.29 is 0 Å². The zero-order valence-corrected chi connectivity index (χ0v) is 12.3. The number of aromatic nitrogens is 1. The van der Waals surface area contributed by atoms with Crippen molar-refractivity contribution in [1.29, 1.82) is 0 Å². The molecule has 1 atom stereocenters. The maximum absolute atomic E-state index is 4.08. The summed E-state index contributed by atoms with van der Waals surface area (Å²) in [4.78, 5) is 6.70. The van der Waals surface area contributed by atoms with Crippen molar-refractivity contribution in [2.24, 2.45) is 5.92 Å². The average Bonchev–Trinajstić information content (AvgIpc) is 2.45. The normalized spacial score (nSPS) is 20.1. The first-order chi connectivity index (χ1) is 9.25. The molecule has 2 rings (SSSR count). The summed E-state index contributed by atoms with van der Waals surface area (Å²) in [6.07, 6.45) is 7.62. The lowest BCUT2D eigenvalue weighted by Gasteiger charge is -2.32. The molecule has 1 aliphatic rings. The monoisotopic (exact) mass is 261 g/mol. The van der Waals surface area contributed by atoms with Crippen molar-refractivity contribution in [1.82, 2.24) is 15.2 Å². The summed E-state index contributed by atoms with van der Waals surface area (Å²) in [5.41, 5.74) is 1.39. The summed E-state index contributed by atoms with van der Waals surface area (Å²) in [6.45, 7) is 9.40. The molecule has 19 heavy (non-hydrogen) atoms. The third-order valence-electron chi connectivity index (χ3n) is 4.06. The summed E-state index contributed by atoms with van der Waals surface area (Å²) >= 11 is 0. The van der Waals surface area contributed by atoms with Gasteiger partial charge in [-0.3, -0.25) is 4.98 Å². The molecule has 106 valence electrons. The minimum Gasteiger partial charge on any atom is -0.316 e. The van der Waals surface area contributed by atoms with Crippen molar-refractivity contribution in [3.63, 3.8) is 0 Å². The minimum absolute atomic E-state index is 0.628. The van der Waals surface area contributed by atoms with Gasteiger partial charge in [0.1, 0.15) is 0 Å². The lowest BCUT2D eigenvalue weighted by atomic mass is 9.98. The van der Waals surface area contributed by atoms with E-state index in [1.54, 1.807) is 0 Å². The maximum Gasteiger partial charge on any atom is 0.0270 e. The van der Waals surface area contributed by atoms with Crippen LogP contribution >= 0.6 is 0 Å². The highest BCUT2D eigenvalue weighted by atomic mass is 15.1. The zero-order valence-electron chi connectivity index (χ0n) is 12.3. The third-order valence-corrected chi connectivity index (χ3v) is 4.06. The fourth-order valence-electron chi connectivity index (χ4n) is 2.79. The average molecular weight is 261 g/mol. The molecule has 0 bridgehead atoms. The van der Waals surface area contributed by atoms with E-state index in [2.05, 4.69) is 41.2 Å². The van der Waals surface area contributed by atoms with Gasteiger partial charge in [-0.2, -0.15) is 0 Å². The molecule has 0 amide bonds. The Morgan fingerprint density at radius 3 is 2.79 bits per heavy atom. The number of nitrogens with zero attached hydrogens (tertiary/aromatic N) is 2. The first-order valence-electron chi connectivity index (χ1n) is 7.59. The van der Waals surface area contributed by atoms with Crippen LogP contribution in [0.4, 0.5) is 0 Å². The molecule has 0 radical (unpaired) electrons. The molecule has 1 aromatic rings. The van der Waals surface area contributed by atoms with E-state index < -0.39 is 0 Å². The Hall–Kier alpha value is -0.930. The molecule has 1 saturated heterocycles. The lowest BCUT2D eigenvalue weighted by molar-refractivity contribution is 0.173. The van der Waals surface area contributed by atoms with Crippen LogP contribution in [0.15, 0.2) is 24.5 Å². The van der Waals surface area contributed by atoms with Gasteiger partial charge in [0, 0.05) is 31.5 Å². The van der Waals surface area contributed by atoms with Crippen LogP contribution in [0.5, 0.6) is 0 Å². The Kier molecular flexibility index (Phi) is 5.80. The number of nitrogens with one attached hydrogen (secondary N) is 1. The quantitative estimate of drug-likeness (QED) is 0.852. The third kappa shape index (κ3) is 4.92. The fraction of sp³-hybridized carbons (Fsp3) is 0.688. The number of rotatable bonds is 6. The molecule has 3 heteroatoms. The van der Waals surface area contributed by atoms with Gasteiger partial charge in [0.05, 0.1) is 0 Å². The van der Waals surface area contributed by atoms with E-state index in [-0.39, 0.29) is 0 Å². The SMILES string of the molecule is CC(C)N(CCc1ccncc1)CC1CCCNC1. The molecule has 0 aliphatic carbocycles. The molecule has 0 spiro atoms. The summed E-state index contributed by atoms with van der Waals surface area (Å²) in [6, 6.07) is 4.88. The molecule has 1 fully saturated rings. The fourth-order valence-corrected chi connectivity index (χ4v) is 2.79. The summed E-state index contributed by atoms with van der Waals surface area (Å²) in [5.74, 6) is 0.827. The van der Waals surface area contributed by atoms with Crippen molar-refractivity contribution in [2.75, 3.05) is 26.2 Å². The highest BCUT2D eigenvalue weighted by Crippen LogP contribution is 2.14. The molecular formula is C16H27N3. The van der Waals surface area contributed by atoms with Crippen LogP contribution in [0.3, 0.4) is 0 Å². The highest BCUT2D eigenvalue weighted by Gasteiger charge is 2.18. The van der Waals surface area contributed by atoms with Crippen LogP contribution in [0, 0.1) is 5.92 Å². The molecule has 3 nitrogen and oxygen atoms in total. The molecule has 0 aromatic carbocycles. The second kappa shape index (κ2) is 7.61. The number of hydrogen-bond donors (Lipinski definition) is 1. The van der Waals surface area contributed by atoms with Gasteiger partial charge in [0.15, 0.2) is 0 Å².